The molecule has 2 aromatic heterocycles. The minimum Gasteiger partial charge on any atom is -0.481 e. The topological polar surface area (TPSA) is 57.0 Å². The number of aldehydes is 1. The van der Waals surface area contributed by atoms with Gasteiger partial charge < -0.3 is 4.74 Å². The van der Waals surface area contributed by atoms with Crippen LogP contribution in [0, 0.1) is 5.92 Å². The van der Waals surface area contributed by atoms with Crippen LogP contribution in [0.3, 0.4) is 0 Å². The third kappa shape index (κ3) is 2.89. The van der Waals surface area contributed by atoms with Gasteiger partial charge in [-0.3, -0.25) is 9.48 Å². The van der Waals surface area contributed by atoms with Gasteiger partial charge in [-0.1, -0.05) is 6.92 Å². The second kappa shape index (κ2) is 6.30. The fourth-order valence-electron chi connectivity index (χ4n) is 3.13. The lowest BCUT2D eigenvalue weighted by Gasteiger charge is -2.27. The van der Waals surface area contributed by atoms with E-state index in [9.17, 15) is 4.79 Å². The molecule has 5 heteroatoms. The Kier molecular flexibility index (Phi) is 4.22. The van der Waals surface area contributed by atoms with Crippen LogP contribution in [0.2, 0.25) is 0 Å². The molecule has 1 saturated carbocycles. The van der Waals surface area contributed by atoms with Gasteiger partial charge in [-0.25, -0.2) is 4.98 Å². The molecular formula is C17H21N3O2. The predicted molar refractivity (Wildman–Crippen MR) is 84.1 cm³/mol. The van der Waals surface area contributed by atoms with Gasteiger partial charge in [-0.2, -0.15) is 5.10 Å². The second-order valence-corrected chi connectivity index (χ2v) is 6.02. The van der Waals surface area contributed by atoms with Crippen molar-refractivity contribution in [3.8, 4) is 17.1 Å². The van der Waals surface area contributed by atoms with Crippen LogP contribution in [0.4, 0.5) is 0 Å². The maximum absolute atomic E-state index is 11.1. The Morgan fingerprint density at radius 2 is 2.05 bits per heavy atom. The van der Waals surface area contributed by atoms with E-state index in [1.54, 1.807) is 13.3 Å². The van der Waals surface area contributed by atoms with Crippen molar-refractivity contribution >= 4 is 6.29 Å². The van der Waals surface area contributed by atoms with Crippen LogP contribution in [0.25, 0.3) is 11.3 Å². The predicted octanol–water partition coefficient (Wildman–Crippen LogP) is 3.52. The number of carbonyl (C=O) groups excluding carboxylic acids is 1. The molecule has 116 valence electrons. The molecule has 0 unspecified atom stereocenters. The number of methoxy groups -OCH3 is 1. The van der Waals surface area contributed by atoms with Gasteiger partial charge in [0.1, 0.15) is 5.69 Å². The smallest absolute Gasteiger partial charge is 0.213 e. The SMILES string of the molecule is COc1cc(-c2cc(C=O)nn2C2CCC(C)CC2)ccn1. The van der Waals surface area contributed by atoms with E-state index >= 15 is 0 Å². The Bertz CT molecular complexity index is 658. The van der Waals surface area contributed by atoms with Gasteiger partial charge in [-0.15, -0.1) is 0 Å². The average molecular weight is 299 g/mol. The summed E-state index contributed by atoms with van der Waals surface area (Å²) < 4.78 is 7.22. The highest BCUT2D eigenvalue weighted by molar-refractivity contribution is 5.75. The average Bonchev–Trinajstić information content (AvgIpc) is 3.00. The number of hydrogen-bond acceptors (Lipinski definition) is 4. The normalized spacial score (nSPS) is 21.5. The summed E-state index contributed by atoms with van der Waals surface area (Å²) in [6.07, 6.45) is 7.16. The Hall–Kier alpha value is -2.17. The van der Waals surface area contributed by atoms with E-state index in [-0.39, 0.29) is 0 Å². The number of aromatic nitrogens is 3. The molecule has 0 atom stereocenters. The number of pyridine rings is 1. The summed E-state index contributed by atoms with van der Waals surface area (Å²) in [7, 11) is 1.60. The first-order valence-corrected chi connectivity index (χ1v) is 7.76. The number of hydrogen-bond donors (Lipinski definition) is 0. The van der Waals surface area contributed by atoms with E-state index in [0.29, 0.717) is 17.6 Å². The highest BCUT2D eigenvalue weighted by Crippen LogP contribution is 2.35. The van der Waals surface area contributed by atoms with E-state index < -0.39 is 0 Å². The molecule has 1 fully saturated rings. The molecule has 3 rings (SSSR count). The van der Waals surface area contributed by atoms with E-state index in [4.69, 9.17) is 4.74 Å². The molecule has 0 spiro atoms. The van der Waals surface area contributed by atoms with Crippen molar-refractivity contribution in [1.29, 1.82) is 0 Å². The van der Waals surface area contributed by atoms with Gasteiger partial charge in [0, 0.05) is 17.8 Å². The summed E-state index contributed by atoms with van der Waals surface area (Å²) in [6, 6.07) is 6.02. The molecule has 0 radical (unpaired) electrons. The fourth-order valence-corrected chi connectivity index (χ4v) is 3.13. The lowest BCUT2D eigenvalue weighted by molar-refractivity contribution is 0.111. The summed E-state index contributed by atoms with van der Waals surface area (Å²) in [6.45, 7) is 2.30. The number of nitrogens with zero attached hydrogens (tertiary/aromatic N) is 3. The zero-order valence-electron chi connectivity index (χ0n) is 13.0. The van der Waals surface area contributed by atoms with Gasteiger partial charge >= 0.3 is 0 Å². The Morgan fingerprint density at radius 3 is 2.73 bits per heavy atom. The van der Waals surface area contributed by atoms with E-state index in [0.717, 1.165) is 36.3 Å². The van der Waals surface area contributed by atoms with E-state index in [2.05, 4.69) is 17.0 Å². The van der Waals surface area contributed by atoms with Crippen molar-refractivity contribution in [2.75, 3.05) is 7.11 Å². The second-order valence-electron chi connectivity index (χ2n) is 6.02. The summed E-state index contributed by atoms with van der Waals surface area (Å²) in [4.78, 5) is 15.3. The number of carbonyl (C=O) groups is 1. The molecule has 0 bridgehead atoms. The van der Waals surface area contributed by atoms with Crippen LogP contribution >= 0.6 is 0 Å². The molecule has 0 N–H and O–H groups in total. The molecular weight excluding hydrogens is 278 g/mol. The number of rotatable bonds is 4. The maximum Gasteiger partial charge on any atom is 0.213 e. The van der Waals surface area contributed by atoms with Crippen LogP contribution in [0.15, 0.2) is 24.4 Å². The molecule has 5 nitrogen and oxygen atoms in total. The van der Waals surface area contributed by atoms with Crippen LogP contribution in [0.1, 0.15) is 49.1 Å². The third-order valence-electron chi connectivity index (χ3n) is 4.45. The van der Waals surface area contributed by atoms with Gasteiger partial charge in [0.25, 0.3) is 0 Å². The standard InChI is InChI=1S/C17H21N3O2/c1-12-3-5-15(6-4-12)20-16(10-14(11-21)19-20)13-7-8-18-17(9-13)22-2/h7-12,15H,3-6H2,1-2H3. The van der Waals surface area contributed by atoms with Crippen LogP contribution < -0.4 is 4.74 Å². The molecule has 2 aromatic rings. The Morgan fingerprint density at radius 1 is 1.27 bits per heavy atom. The highest BCUT2D eigenvalue weighted by Gasteiger charge is 2.23. The van der Waals surface area contributed by atoms with Crippen molar-refractivity contribution in [2.45, 2.75) is 38.6 Å². The van der Waals surface area contributed by atoms with Gasteiger partial charge in [0.05, 0.1) is 18.8 Å². The van der Waals surface area contributed by atoms with Crippen molar-refractivity contribution < 1.29 is 9.53 Å². The Balaban J connectivity index is 1.99. The lowest BCUT2D eigenvalue weighted by Crippen LogP contribution is -2.18. The highest BCUT2D eigenvalue weighted by atomic mass is 16.5. The summed E-state index contributed by atoms with van der Waals surface area (Å²) >= 11 is 0. The van der Waals surface area contributed by atoms with Crippen molar-refractivity contribution in [3.05, 3.63) is 30.1 Å². The minimum absolute atomic E-state index is 0.360. The molecule has 0 amide bonds. The largest absolute Gasteiger partial charge is 0.481 e. The van der Waals surface area contributed by atoms with Crippen LogP contribution in [-0.4, -0.2) is 28.2 Å². The summed E-state index contributed by atoms with van der Waals surface area (Å²) in [5, 5.41) is 4.50. The lowest BCUT2D eigenvalue weighted by atomic mass is 9.87. The van der Waals surface area contributed by atoms with E-state index in [1.807, 2.05) is 22.9 Å². The van der Waals surface area contributed by atoms with Gasteiger partial charge in [0.2, 0.25) is 5.88 Å². The zero-order chi connectivity index (χ0) is 15.5. The zero-order valence-corrected chi connectivity index (χ0v) is 13.0. The maximum atomic E-state index is 11.1. The molecule has 1 aliphatic rings. The number of ether oxygens (including phenoxy) is 1. The first-order valence-electron chi connectivity index (χ1n) is 7.76. The molecule has 0 aromatic carbocycles. The summed E-state index contributed by atoms with van der Waals surface area (Å²) in [5.41, 5.74) is 2.41. The third-order valence-corrected chi connectivity index (χ3v) is 4.45. The molecule has 0 aliphatic heterocycles. The van der Waals surface area contributed by atoms with Gasteiger partial charge in [0.15, 0.2) is 6.29 Å². The summed E-state index contributed by atoms with van der Waals surface area (Å²) in [5.74, 6) is 1.34. The van der Waals surface area contributed by atoms with Crippen molar-refractivity contribution in [3.63, 3.8) is 0 Å². The van der Waals surface area contributed by atoms with Crippen molar-refractivity contribution in [1.82, 2.24) is 14.8 Å². The molecule has 0 saturated heterocycles. The van der Waals surface area contributed by atoms with Gasteiger partial charge in [-0.05, 0) is 43.7 Å². The van der Waals surface area contributed by atoms with E-state index in [1.165, 1.54) is 12.8 Å². The minimum atomic E-state index is 0.360. The van der Waals surface area contributed by atoms with Crippen LogP contribution in [-0.2, 0) is 0 Å². The first kappa shape index (κ1) is 14.8. The quantitative estimate of drug-likeness (QED) is 0.811. The Labute approximate surface area is 130 Å². The first-order chi connectivity index (χ1) is 10.7. The fraction of sp³-hybridized carbons (Fsp3) is 0.471. The molecule has 1 aliphatic carbocycles. The van der Waals surface area contributed by atoms with Crippen molar-refractivity contribution in [2.24, 2.45) is 5.92 Å². The monoisotopic (exact) mass is 299 g/mol. The molecule has 2 heterocycles. The van der Waals surface area contributed by atoms with Crippen LogP contribution in [0.5, 0.6) is 5.88 Å². The molecule has 22 heavy (non-hydrogen) atoms.